The van der Waals surface area contributed by atoms with E-state index in [1.807, 2.05) is 12.1 Å². The molecule has 0 saturated carbocycles. The average molecular weight is 462 g/mol. The standard InChI is InChI=1S/C24H24FN7O2/c1-31(2)24(34)29-22-10-15(8-9-26-22)13-27-20-7-5-4-6-17(20)23(33)28-16-11-19(25)18-14-32(3)30-21(18)12-16/h4-12,14,27H,13H2,1-3H3,(H,28,33)(H,26,29,34). The number of hydrogen-bond donors (Lipinski definition) is 3. The van der Waals surface area contributed by atoms with Crippen LogP contribution in [0.3, 0.4) is 0 Å². The molecule has 0 fully saturated rings. The molecule has 4 rings (SSSR count). The van der Waals surface area contributed by atoms with Gasteiger partial charge in [0.15, 0.2) is 0 Å². The largest absolute Gasteiger partial charge is 0.380 e. The summed E-state index contributed by atoms with van der Waals surface area (Å²) in [5.41, 5.74) is 2.65. The molecule has 0 radical (unpaired) electrons. The predicted octanol–water partition coefficient (Wildman–Crippen LogP) is 4.07. The van der Waals surface area contributed by atoms with Crippen molar-refractivity contribution in [2.75, 3.05) is 30.0 Å². The fourth-order valence-electron chi connectivity index (χ4n) is 3.38. The average Bonchev–Trinajstić information content (AvgIpc) is 3.19. The Balaban J connectivity index is 1.48. The van der Waals surface area contributed by atoms with E-state index in [4.69, 9.17) is 0 Å². The van der Waals surface area contributed by atoms with Crippen LogP contribution in [0.1, 0.15) is 15.9 Å². The van der Waals surface area contributed by atoms with Crippen LogP contribution in [-0.2, 0) is 13.6 Å². The first-order valence-corrected chi connectivity index (χ1v) is 10.5. The van der Waals surface area contributed by atoms with E-state index in [0.717, 1.165) is 5.56 Å². The van der Waals surface area contributed by atoms with Gasteiger partial charge in [-0.3, -0.25) is 14.8 Å². The number of amides is 3. The number of nitrogens with one attached hydrogen (secondary N) is 3. The molecule has 0 saturated heterocycles. The number of fused-ring (bicyclic) bond motifs is 1. The van der Waals surface area contributed by atoms with E-state index in [2.05, 4.69) is 26.0 Å². The Hall–Kier alpha value is -4.47. The summed E-state index contributed by atoms with van der Waals surface area (Å²) >= 11 is 0. The first-order chi connectivity index (χ1) is 16.3. The maximum atomic E-state index is 14.4. The zero-order chi connectivity index (χ0) is 24.2. The lowest BCUT2D eigenvalue weighted by Crippen LogP contribution is -2.27. The Morgan fingerprint density at radius 3 is 2.68 bits per heavy atom. The second kappa shape index (κ2) is 9.57. The first-order valence-electron chi connectivity index (χ1n) is 10.5. The highest BCUT2D eigenvalue weighted by Gasteiger charge is 2.14. The number of carbonyl (C=O) groups is 2. The summed E-state index contributed by atoms with van der Waals surface area (Å²) in [6.45, 7) is 0.395. The molecular weight excluding hydrogens is 437 g/mol. The summed E-state index contributed by atoms with van der Waals surface area (Å²) in [6.07, 6.45) is 3.19. The molecule has 10 heteroatoms. The zero-order valence-electron chi connectivity index (χ0n) is 19.0. The van der Waals surface area contributed by atoms with E-state index in [-0.39, 0.29) is 11.9 Å². The third-order valence-corrected chi connectivity index (χ3v) is 5.07. The van der Waals surface area contributed by atoms with E-state index < -0.39 is 5.82 Å². The molecule has 2 aromatic carbocycles. The van der Waals surface area contributed by atoms with Gasteiger partial charge in [0.2, 0.25) is 0 Å². The number of rotatable bonds is 6. The minimum atomic E-state index is -0.456. The molecule has 0 atom stereocenters. The van der Waals surface area contributed by atoms with Crippen LogP contribution >= 0.6 is 0 Å². The predicted molar refractivity (Wildman–Crippen MR) is 129 cm³/mol. The van der Waals surface area contributed by atoms with Gasteiger partial charge in [0, 0.05) is 51.5 Å². The summed E-state index contributed by atoms with van der Waals surface area (Å²) < 4.78 is 15.9. The van der Waals surface area contributed by atoms with Crippen LogP contribution in [0.5, 0.6) is 0 Å². The molecule has 0 aliphatic rings. The van der Waals surface area contributed by atoms with Gasteiger partial charge in [-0.15, -0.1) is 0 Å². The number of urea groups is 1. The molecule has 9 nitrogen and oxygen atoms in total. The highest BCUT2D eigenvalue weighted by molar-refractivity contribution is 6.08. The number of anilines is 3. The quantitative estimate of drug-likeness (QED) is 0.402. The highest BCUT2D eigenvalue weighted by Crippen LogP contribution is 2.24. The van der Waals surface area contributed by atoms with Gasteiger partial charge in [0.25, 0.3) is 5.91 Å². The van der Waals surface area contributed by atoms with Crippen LogP contribution in [0.4, 0.5) is 26.4 Å². The van der Waals surface area contributed by atoms with Gasteiger partial charge < -0.3 is 15.5 Å². The van der Waals surface area contributed by atoms with E-state index in [0.29, 0.717) is 40.2 Å². The van der Waals surface area contributed by atoms with Crippen molar-refractivity contribution in [3.63, 3.8) is 0 Å². The minimum Gasteiger partial charge on any atom is -0.380 e. The Kier molecular flexibility index (Phi) is 6.39. The third-order valence-electron chi connectivity index (χ3n) is 5.07. The Labute approximate surface area is 195 Å². The van der Waals surface area contributed by atoms with Gasteiger partial charge in [0.1, 0.15) is 11.6 Å². The molecule has 0 unspecified atom stereocenters. The van der Waals surface area contributed by atoms with Gasteiger partial charge in [-0.05, 0) is 42.0 Å². The molecule has 0 bridgehead atoms. The van der Waals surface area contributed by atoms with Crippen LogP contribution in [0.25, 0.3) is 10.9 Å². The molecule has 0 aliphatic carbocycles. The van der Waals surface area contributed by atoms with Crippen LogP contribution in [0.2, 0.25) is 0 Å². The van der Waals surface area contributed by atoms with Crippen molar-refractivity contribution < 1.29 is 14.0 Å². The van der Waals surface area contributed by atoms with Crippen LogP contribution in [0, 0.1) is 5.82 Å². The number of halogens is 1. The van der Waals surface area contributed by atoms with Crippen LogP contribution in [-0.4, -0.2) is 45.7 Å². The van der Waals surface area contributed by atoms with Gasteiger partial charge in [-0.2, -0.15) is 5.10 Å². The van der Waals surface area contributed by atoms with E-state index in [9.17, 15) is 14.0 Å². The number of nitrogens with zero attached hydrogens (tertiary/aromatic N) is 4. The van der Waals surface area contributed by atoms with E-state index in [1.54, 1.807) is 63.9 Å². The Bertz CT molecular complexity index is 1370. The van der Waals surface area contributed by atoms with Crippen LogP contribution in [0.15, 0.2) is 60.9 Å². The molecule has 4 aromatic rings. The Morgan fingerprint density at radius 1 is 1.09 bits per heavy atom. The molecule has 2 heterocycles. The molecule has 0 spiro atoms. The van der Waals surface area contributed by atoms with Gasteiger partial charge in [-0.1, -0.05) is 12.1 Å². The lowest BCUT2D eigenvalue weighted by molar-refractivity contribution is 0.102. The zero-order valence-corrected chi connectivity index (χ0v) is 19.0. The topological polar surface area (TPSA) is 104 Å². The fraction of sp³-hybridized carbons (Fsp3) is 0.167. The summed E-state index contributed by atoms with van der Waals surface area (Å²) in [4.78, 5) is 30.4. The molecular formula is C24H24FN7O2. The SMILES string of the molecule is CN(C)C(=O)Nc1cc(CNc2ccccc2C(=O)Nc2cc(F)c3cn(C)nc3c2)ccn1. The molecule has 3 amide bonds. The molecule has 0 aliphatic heterocycles. The van der Waals surface area contributed by atoms with Gasteiger partial charge in [-0.25, -0.2) is 14.2 Å². The monoisotopic (exact) mass is 461 g/mol. The van der Waals surface area contributed by atoms with Crippen LogP contribution < -0.4 is 16.0 Å². The lowest BCUT2D eigenvalue weighted by Gasteiger charge is -2.14. The molecule has 174 valence electrons. The normalized spacial score (nSPS) is 10.7. The van der Waals surface area contributed by atoms with E-state index >= 15 is 0 Å². The maximum absolute atomic E-state index is 14.4. The number of benzene rings is 2. The molecule has 34 heavy (non-hydrogen) atoms. The Morgan fingerprint density at radius 2 is 1.88 bits per heavy atom. The molecule has 2 aromatic heterocycles. The van der Waals surface area contributed by atoms with Crippen molar-refractivity contribution in [3.8, 4) is 0 Å². The number of para-hydroxylation sites is 1. The maximum Gasteiger partial charge on any atom is 0.322 e. The first kappa shape index (κ1) is 22.7. The second-order valence-electron chi connectivity index (χ2n) is 7.92. The minimum absolute atomic E-state index is 0.278. The van der Waals surface area contributed by atoms with Crippen molar-refractivity contribution in [2.24, 2.45) is 7.05 Å². The summed E-state index contributed by atoms with van der Waals surface area (Å²) in [5.74, 6) is -0.412. The van der Waals surface area contributed by atoms with Crippen molar-refractivity contribution in [1.82, 2.24) is 19.7 Å². The summed E-state index contributed by atoms with van der Waals surface area (Å²) in [6, 6.07) is 13.2. The second-order valence-corrected chi connectivity index (χ2v) is 7.92. The third kappa shape index (κ3) is 5.12. The molecule has 3 N–H and O–H groups in total. The highest BCUT2D eigenvalue weighted by atomic mass is 19.1. The summed E-state index contributed by atoms with van der Waals surface area (Å²) in [7, 11) is 5.00. The number of aromatic nitrogens is 3. The number of hydrogen-bond acceptors (Lipinski definition) is 5. The summed E-state index contributed by atoms with van der Waals surface area (Å²) in [5, 5.41) is 13.3. The van der Waals surface area contributed by atoms with Crippen molar-refractivity contribution in [3.05, 3.63) is 77.9 Å². The van der Waals surface area contributed by atoms with E-state index in [1.165, 1.54) is 15.6 Å². The number of carbonyl (C=O) groups excluding carboxylic acids is 2. The smallest absolute Gasteiger partial charge is 0.322 e. The van der Waals surface area contributed by atoms with Crippen molar-refractivity contribution in [2.45, 2.75) is 6.54 Å². The van der Waals surface area contributed by atoms with Crippen molar-refractivity contribution >= 4 is 40.0 Å². The van der Waals surface area contributed by atoms with Gasteiger partial charge in [0.05, 0.1) is 16.5 Å². The van der Waals surface area contributed by atoms with Crippen molar-refractivity contribution in [1.29, 1.82) is 0 Å². The number of aryl methyl sites for hydroxylation is 1. The number of pyridine rings is 1. The van der Waals surface area contributed by atoms with Gasteiger partial charge >= 0.3 is 6.03 Å². The fourth-order valence-corrected chi connectivity index (χ4v) is 3.38. The lowest BCUT2D eigenvalue weighted by atomic mass is 10.1.